The molecular weight excluding hydrogens is 512 g/mol. The Balaban J connectivity index is 1.47. The van der Waals surface area contributed by atoms with Crippen LogP contribution in [0.15, 0.2) is 82.7 Å². The Bertz CT molecular complexity index is 1910. The maximum atomic E-state index is 14.1. The maximum Gasteiger partial charge on any atom is 0.362 e. The summed E-state index contributed by atoms with van der Waals surface area (Å²) in [5, 5.41) is 8.26. The zero-order valence-electron chi connectivity index (χ0n) is 20.8. The van der Waals surface area contributed by atoms with Crippen LogP contribution in [0, 0.1) is 0 Å². The average molecular weight is 536 g/mol. The Morgan fingerprint density at radius 1 is 1.13 bits per heavy atom. The van der Waals surface area contributed by atoms with Gasteiger partial charge in [0.05, 0.1) is 33.8 Å². The number of carbonyl (C=O) groups is 1. The van der Waals surface area contributed by atoms with Crippen molar-refractivity contribution < 1.29 is 9.31 Å². The number of nitrogen functional groups attached to an aromatic ring is 1. The fourth-order valence-corrected chi connectivity index (χ4v) is 5.04. The number of aromatic nitrogens is 6. The Morgan fingerprint density at radius 2 is 1.97 bits per heavy atom. The van der Waals surface area contributed by atoms with Crippen molar-refractivity contribution >= 4 is 51.8 Å². The van der Waals surface area contributed by atoms with Crippen molar-refractivity contribution in [1.29, 1.82) is 0 Å². The molecule has 10 nitrogen and oxygen atoms in total. The molecule has 1 atom stereocenters. The maximum absolute atomic E-state index is 14.1. The molecule has 0 fully saturated rings. The second-order valence-corrected chi connectivity index (χ2v) is 9.56. The second-order valence-electron chi connectivity index (χ2n) is 8.84. The molecule has 0 bridgehead atoms. The number of hydrogen-bond donors (Lipinski definition) is 3. The number of nitrogens with one attached hydrogen (secondary N) is 2. The Labute approximate surface area is 226 Å². The van der Waals surface area contributed by atoms with Crippen LogP contribution in [0.2, 0.25) is 0 Å². The highest BCUT2D eigenvalue weighted by molar-refractivity contribution is 7.07. The third kappa shape index (κ3) is 4.44. The summed E-state index contributed by atoms with van der Waals surface area (Å²) in [6, 6.07) is 15.8. The fourth-order valence-electron chi connectivity index (χ4n) is 4.52. The van der Waals surface area contributed by atoms with Gasteiger partial charge in [-0.3, -0.25) is 14.2 Å². The van der Waals surface area contributed by atoms with Crippen LogP contribution in [0.3, 0.4) is 0 Å². The largest absolute Gasteiger partial charge is 0.382 e. The van der Waals surface area contributed by atoms with Gasteiger partial charge in [0.2, 0.25) is 0 Å². The normalized spacial score (nSPS) is 12.3. The van der Waals surface area contributed by atoms with E-state index in [2.05, 4.69) is 20.4 Å². The third-order valence-electron chi connectivity index (χ3n) is 6.30. The quantitative estimate of drug-likeness (QED) is 0.279. The number of carbonyl (C=O) groups excluding carboxylic acids is 1. The molecule has 39 heavy (non-hydrogen) atoms. The highest BCUT2D eigenvalue weighted by atomic mass is 32.1. The molecule has 0 saturated carbocycles. The molecular formula is C28H23N8O2S+. The number of fused-ring (bicyclic) bond motifs is 2. The number of H-pyrrole nitrogens is 1. The first-order valence-electron chi connectivity index (χ1n) is 12.1. The molecule has 1 unspecified atom stereocenters. The van der Waals surface area contributed by atoms with Gasteiger partial charge in [-0.15, -0.1) is 15.9 Å². The zero-order chi connectivity index (χ0) is 26.9. The average Bonchev–Trinajstić information content (AvgIpc) is 3.59. The number of nitrogens with two attached hydrogens (primary N) is 1. The van der Waals surface area contributed by atoms with Crippen LogP contribution in [0.1, 0.15) is 40.4 Å². The number of aromatic amines is 1. The van der Waals surface area contributed by atoms with E-state index in [1.807, 2.05) is 60.0 Å². The van der Waals surface area contributed by atoms with Crippen molar-refractivity contribution in [3.8, 4) is 5.69 Å². The van der Waals surface area contributed by atoms with Crippen LogP contribution in [0.25, 0.3) is 34.4 Å². The first-order chi connectivity index (χ1) is 19.0. The van der Waals surface area contributed by atoms with Crippen LogP contribution >= 0.6 is 11.3 Å². The summed E-state index contributed by atoms with van der Waals surface area (Å²) >= 11 is 1.50. The van der Waals surface area contributed by atoms with Gasteiger partial charge >= 0.3 is 5.65 Å². The van der Waals surface area contributed by atoms with E-state index < -0.39 is 11.9 Å². The molecule has 6 rings (SSSR count). The first kappa shape index (κ1) is 24.2. The Hall–Kier alpha value is -5.16. The summed E-state index contributed by atoms with van der Waals surface area (Å²) < 4.78 is 3.11. The van der Waals surface area contributed by atoms with Crippen molar-refractivity contribution in [2.75, 3.05) is 5.73 Å². The molecule has 1 amide bonds. The van der Waals surface area contributed by atoms with Crippen LogP contribution < -0.4 is 21.1 Å². The third-order valence-corrected chi connectivity index (χ3v) is 6.90. The van der Waals surface area contributed by atoms with Gasteiger partial charge in [0.1, 0.15) is 18.2 Å². The van der Waals surface area contributed by atoms with Crippen molar-refractivity contribution in [3.63, 3.8) is 0 Å². The topological polar surface area (TPSA) is 136 Å². The lowest BCUT2D eigenvalue weighted by Gasteiger charge is -2.20. The van der Waals surface area contributed by atoms with Gasteiger partial charge in [-0.25, -0.2) is 15.1 Å². The number of thiazole rings is 1. The lowest BCUT2D eigenvalue weighted by atomic mass is 10.1. The smallest absolute Gasteiger partial charge is 0.362 e. The Morgan fingerprint density at radius 3 is 2.77 bits per heavy atom. The molecule has 0 aliphatic carbocycles. The number of hydrogen-bond acceptors (Lipinski definition) is 7. The molecule has 0 spiro atoms. The zero-order valence-corrected chi connectivity index (χ0v) is 21.6. The van der Waals surface area contributed by atoms with Crippen molar-refractivity contribution in [2.45, 2.75) is 13.0 Å². The van der Waals surface area contributed by atoms with Gasteiger partial charge in [-0.05, 0) is 41.7 Å². The summed E-state index contributed by atoms with van der Waals surface area (Å²) in [4.78, 5) is 40.9. The number of nitrogens with zero attached hydrogens (tertiary/aromatic N) is 5. The highest BCUT2D eigenvalue weighted by Crippen LogP contribution is 2.23. The molecule has 0 aliphatic rings. The summed E-state index contributed by atoms with van der Waals surface area (Å²) in [5.74, 6) is 0.125. The molecule has 6 aromatic rings. The van der Waals surface area contributed by atoms with E-state index >= 15 is 0 Å². The summed E-state index contributed by atoms with van der Waals surface area (Å²) in [6.07, 6.45) is 7.04. The molecule has 0 saturated heterocycles. The van der Waals surface area contributed by atoms with Gasteiger partial charge in [-0.1, -0.05) is 36.4 Å². The van der Waals surface area contributed by atoms with Gasteiger partial charge < -0.3 is 11.1 Å². The summed E-state index contributed by atoms with van der Waals surface area (Å²) in [7, 11) is 0. The molecule has 0 radical (unpaired) electrons. The van der Waals surface area contributed by atoms with Crippen LogP contribution in [-0.2, 0) is 0 Å². The highest BCUT2D eigenvalue weighted by Gasteiger charge is 2.27. The molecule has 4 heterocycles. The predicted molar refractivity (Wildman–Crippen MR) is 150 cm³/mol. The van der Waals surface area contributed by atoms with E-state index in [0.717, 1.165) is 11.3 Å². The Kier molecular flexibility index (Phi) is 6.17. The van der Waals surface area contributed by atoms with E-state index in [1.165, 1.54) is 11.3 Å². The van der Waals surface area contributed by atoms with Gasteiger partial charge in [-0.2, -0.15) is 0 Å². The number of para-hydroxylation sites is 1. The second kappa shape index (κ2) is 9.95. The molecule has 0 aliphatic heterocycles. The minimum atomic E-state index is -0.651. The molecule has 2 aromatic carbocycles. The molecule has 4 aromatic heterocycles. The summed E-state index contributed by atoms with van der Waals surface area (Å²) in [6.45, 7) is 1.78. The van der Waals surface area contributed by atoms with Gasteiger partial charge in [0, 0.05) is 11.4 Å². The van der Waals surface area contributed by atoms with Crippen LogP contribution in [-0.4, -0.2) is 30.5 Å². The molecule has 4 N–H and O–H groups in total. The lowest BCUT2D eigenvalue weighted by molar-refractivity contribution is -0.577. The molecule has 11 heteroatoms. The van der Waals surface area contributed by atoms with Crippen molar-refractivity contribution in [3.05, 3.63) is 111 Å². The fraction of sp³-hybridized carbons (Fsp3) is 0.0714. The minimum absolute atomic E-state index is 0.182. The van der Waals surface area contributed by atoms with Gasteiger partial charge in [0.15, 0.2) is 11.4 Å². The van der Waals surface area contributed by atoms with E-state index in [4.69, 9.17) is 10.7 Å². The first-order valence-corrected chi connectivity index (χ1v) is 13.1. The number of benzene rings is 2. The van der Waals surface area contributed by atoms with Crippen LogP contribution in [0.4, 0.5) is 5.82 Å². The standard InChI is InChI=1S/C28H22N8O2S/c1-17(32-27(37)23-24(29)34-35-14-6-13-30-26(23)35)25-33-21-10-5-7-18(11-12-19-15-39-16-31-19)22(21)28(38)36(25)20-8-3-2-4-9-20/h2-17H,1H3,(H3,29,32,34,37)/p+1. The number of rotatable bonds is 6. The lowest BCUT2D eigenvalue weighted by Crippen LogP contribution is -2.34. The van der Waals surface area contributed by atoms with Gasteiger partial charge in [0.25, 0.3) is 11.5 Å². The minimum Gasteiger partial charge on any atom is -0.382 e. The van der Waals surface area contributed by atoms with Crippen LogP contribution in [0.5, 0.6) is 0 Å². The van der Waals surface area contributed by atoms with E-state index in [-0.39, 0.29) is 16.9 Å². The van der Waals surface area contributed by atoms with Crippen molar-refractivity contribution in [1.82, 2.24) is 29.9 Å². The number of anilines is 1. The van der Waals surface area contributed by atoms with E-state index in [9.17, 15) is 9.59 Å². The van der Waals surface area contributed by atoms with E-state index in [1.54, 1.807) is 46.0 Å². The molecule has 192 valence electrons. The summed E-state index contributed by atoms with van der Waals surface area (Å²) in [5.41, 5.74) is 10.9. The van der Waals surface area contributed by atoms with E-state index in [0.29, 0.717) is 28.1 Å². The predicted octanol–water partition coefficient (Wildman–Crippen LogP) is 3.55. The number of amides is 1. The monoisotopic (exact) mass is 535 g/mol. The van der Waals surface area contributed by atoms with Crippen molar-refractivity contribution in [2.24, 2.45) is 0 Å². The SMILES string of the molecule is CC(NC(=O)c1c(N)[nH][n+]2cccnc12)c1nc2cccc(C=Cc3cscn3)c2c(=O)n1-c1ccccc1.